The molecule has 2 aliphatic heterocycles. The van der Waals surface area contributed by atoms with Crippen molar-refractivity contribution in [2.24, 2.45) is 0 Å². The molecule has 0 aliphatic carbocycles. The summed E-state index contributed by atoms with van der Waals surface area (Å²) in [5.74, 6) is 3.19. The van der Waals surface area contributed by atoms with Gasteiger partial charge in [-0.1, -0.05) is 115 Å². The maximum absolute atomic E-state index is 6.75. The highest BCUT2D eigenvalue weighted by Crippen LogP contribution is 2.60. The van der Waals surface area contributed by atoms with Crippen LogP contribution in [0.15, 0.2) is 152 Å². The minimum Gasteiger partial charge on any atom is -0.453 e. The van der Waals surface area contributed by atoms with Crippen LogP contribution < -0.4 is 14.4 Å². The Labute approximate surface area is 249 Å². The van der Waals surface area contributed by atoms with Crippen molar-refractivity contribution in [2.45, 2.75) is 0 Å². The fourth-order valence-corrected chi connectivity index (χ4v) is 6.37. The Kier molecular flexibility index (Phi) is 5.20. The van der Waals surface area contributed by atoms with Crippen molar-refractivity contribution in [3.05, 3.63) is 152 Å². The highest BCUT2D eigenvalue weighted by molar-refractivity contribution is 5.99. The second-order valence-electron chi connectivity index (χ2n) is 11.0. The van der Waals surface area contributed by atoms with Gasteiger partial charge < -0.3 is 9.47 Å². The Bertz CT molecular complexity index is 2180. The summed E-state index contributed by atoms with van der Waals surface area (Å²) in [6, 6.07) is 53.1. The maximum Gasteiger partial charge on any atom is 0.156 e. The summed E-state index contributed by atoms with van der Waals surface area (Å²) < 4.78 is 13.3. The molecule has 0 aromatic heterocycles. The van der Waals surface area contributed by atoms with E-state index in [4.69, 9.17) is 9.47 Å². The molecule has 0 spiro atoms. The first-order valence-corrected chi connectivity index (χ1v) is 14.5. The van der Waals surface area contributed by atoms with E-state index in [2.05, 4.69) is 138 Å². The summed E-state index contributed by atoms with van der Waals surface area (Å²) in [4.78, 5) is 2.28. The van der Waals surface area contributed by atoms with Crippen molar-refractivity contribution in [1.82, 2.24) is 0 Å². The molecule has 2 heterocycles. The van der Waals surface area contributed by atoms with Gasteiger partial charge in [-0.25, -0.2) is 0 Å². The van der Waals surface area contributed by atoms with Gasteiger partial charge in [0, 0.05) is 0 Å². The SMILES string of the molecule is c1ccc(-c2ccc(-c3cc4c5c(c3)Oc3cc(-c6cccc7ccccc67)ccc3N5c3ccccc3O4)cc2)cc1. The van der Waals surface area contributed by atoms with Gasteiger partial charge in [-0.05, 0) is 80.6 Å². The lowest BCUT2D eigenvalue weighted by Gasteiger charge is -2.38. The zero-order chi connectivity index (χ0) is 28.3. The van der Waals surface area contributed by atoms with Gasteiger partial charge >= 0.3 is 0 Å². The molecular formula is C40H25NO2. The summed E-state index contributed by atoms with van der Waals surface area (Å²) in [6.45, 7) is 0. The second kappa shape index (κ2) is 9.37. The van der Waals surface area contributed by atoms with Gasteiger partial charge in [0.15, 0.2) is 23.0 Å². The number of fused-ring (bicyclic) bond motifs is 5. The van der Waals surface area contributed by atoms with Crippen LogP contribution >= 0.6 is 0 Å². The van der Waals surface area contributed by atoms with Gasteiger partial charge in [-0.2, -0.15) is 0 Å². The summed E-state index contributed by atoms with van der Waals surface area (Å²) in [5, 5.41) is 2.44. The minimum atomic E-state index is 0.775. The molecule has 7 aromatic rings. The molecule has 9 rings (SSSR count). The van der Waals surface area contributed by atoms with E-state index >= 15 is 0 Å². The Hall–Kier alpha value is -5.80. The summed E-state index contributed by atoms with van der Waals surface area (Å²) >= 11 is 0. The van der Waals surface area contributed by atoms with Gasteiger partial charge in [0.2, 0.25) is 0 Å². The van der Waals surface area contributed by atoms with E-state index in [1.165, 1.54) is 27.5 Å². The maximum atomic E-state index is 6.75. The summed E-state index contributed by atoms with van der Waals surface area (Å²) in [7, 11) is 0. The summed E-state index contributed by atoms with van der Waals surface area (Å²) in [6.07, 6.45) is 0. The van der Waals surface area contributed by atoms with E-state index in [1.807, 2.05) is 18.2 Å². The largest absolute Gasteiger partial charge is 0.453 e. The number of rotatable bonds is 3. The molecule has 0 N–H and O–H groups in total. The lowest BCUT2D eigenvalue weighted by atomic mass is 9.96. The highest BCUT2D eigenvalue weighted by atomic mass is 16.5. The van der Waals surface area contributed by atoms with Crippen molar-refractivity contribution >= 4 is 27.8 Å². The second-order valence-corrected chi connectivity index (χ2v) is 11.0. The normalized spacial score (nSPS) is 12.5. The molecule has 0 fully saturated rings. The van der Waals surface area contributed by atoms with Crippen LogP contribution in [0.1, 0.15) is 0 Å². The number of nitrogens with zero attached hydrogens (tertiary/aromatic N) is 1. The van der Waals surface area contributed by atoms with Crippen molar-refractivity contribution in [3.63, 3.8) is 0 Å². The first kappa shape index (κ1) is 23.9. The van der Waals surface area contributed by atoms with Gasteiger partial charge in [0.25, 0.3) is 0 Å². The van der Waals surface area contributed by atoms with Crippen molar-refractivity contribution in [1.29, 1.82) is 0 Å². The Morgan fingerprint density at radius 1 is 0.372 bits per heavy atom. The van der Waals surface area contributed by atoms with E-state index in [0.717, 1.165) is 56.8 Å². The lowest BCUT2D eigenvalue weighted by Crippen LogP contribution is -2.20. The van der Waals surface area contributed by atoms with E-state index in [0.29, 0.717) is 0 Å². The third-order valence-corrected chi connectivity index (χ3v) is 8.44. The Morgan fingerprint density at radius 2 is 0.953 bits per heavy atom. The van der Waals surface area contributed by atoms with Gasteiger partial charge in [-0.3, -0.25) is 4.90 Å². The molecule has 0 radical (unpaired) electrons. The molecule has 0 amide bonds. The molecule has 43 heavy (non-hydrogen) atoms. The lowest BCUT2D eigenvalue weighted by molar-refractivity contribution is 0.446. The van der Waals surface area contributed by atoms with Gasteiger partial charge in [0.05, 0.1) is 11.4 Å². The molecule has 0 saturated carbocycles. The molecule has 202 valence electrons. The van der Waals surface area contributed by atoms with Crippen LogP contribution in [0.25, 0.3) is 44.2 Å². The number of para-hydroxylation sites is 2. The van der Waals surface area contributed by atoms with Crippen molar-refractivity contribution < 1.29 is 9.47 Å². The van der Waals surface area contributed by atoms with Crippen LogP contribution in [-0.4, -0.2) is 0 Å². The molecule has 2 aliphatic rings. The van der Waals surface area contributed by atoms with Crippen LogP contribution in [0.2, 0.25) is 0 Å². The molecule has 3 heteroatoms. The van der Waals surface area contributed by atoms with Crippen LogP contribution in [0.5, 0.6) is 23.0 Å². The Morgan fingerprint density at radius 3 is 1.79 bits per heavy atom. The molecule has 0 saturated heterocycles. The average Bonchev–Trinajstić information content (AvgIpc) is 3.08. The fraction of sp³-hybridized carbons (Fsp3) is 0. The average molecular weight is 552 g/mol. The number of anilines is 3. The number of hydrogen-bond donors (Lipinski definition) is 0. The minimum absolute atomic E-state index is 0.775. The predicted octanol–water partition coefficient (Wildman–Crippen LogP) is 11.5. The van der Waals surface area contributed by atoms with E-state index in [-0.39, 0.29) is 0 Å². The standard InChI is InChI=1S/C40H25NO2/c1-2-9-26(10-3-1)27-17-19-28(20-18-27)31-24-38-40-39(25-31)43-37-23-30(33-14-8-12-29-11-4-5-13-32(29)33)21-22-35(37)41(40)34-15-6-7-16-36(34)42-38/h1-25H. The van der Waals surface area contributed by atoms with Gasteiger partial charge in [-0.15, -0.1) is 0 Å². The van der Waals surface area contributed by atoms with Gasteiger partial charge in [0.1, 0.15) is 5.69 Å². The molecule has 0 unspecified atom stereocenters. The third-order valence-electron chi connectivity index (χ3n) is 8.44. The molecule has 0 bridgehead atoms. The monoisotopic (exact) mass is 551 g/mol. The topological polar surface area (TPSA) is 21.7 Å². The molecular weight excluding hydrogens is 526 g/mol. The quantitative estimate of drug-likeness (QED) is 0.218. The van der Waals surface area contributed by atoms with Crippen molar-refractivity contribution in [3.8, 4) is 56.4 Å². The van der Waals surface area contributed by atoms with Crippen LogP contribution in [0.4, 0.5) is 17.1 Å². The summed E-state index contributed by atoms with van der Waals surface area (Å²) in [5.41, 5.74) is 9.76. The fourth-order valence-electron chi connectivity index (χ4n) is 6.37. The molecule has 3 nitrogen and oxygen atoms in total. The van der Waals surface area contributed by atoms with E-state index in [9.17, 15) is 0 Å². The molecule has 7 aromatic carbocycles. The third kappa shape index (κ3) is 3.83. The van der Waals surface area contributed by atoms with Crippen molar-refractivity contribution in [2.75, 3.05) is 4.90 Å². The first-order valence-electron chi connectivity index (χ1n) is 14.5. The van der Waals surface area contributed by atoms with E-state index < -0.39 is 0 Å². The number of hydrogen-bond acceptors (Lipinski definition) is 3. The zero-order valence-electron chi connectivity index (χ0n) is 23.2. The van der Waals surface area contributed by atoms with Crippen LogP contribution in [-0.2, 0) is 0 Å². The predicted molar refractivity (Wildman–Crippen MR) is 175 cm³/mol. The Balaban J connectivity index is 1.19. The number of benzene rings is 7. The van der Waals surface area contributed by atoms with E-state index in [1.54, 1.807) is 0 Å². The number of ether oxygens (including phenoxy) is 2. The van der Waals surface area contributed by atoms with Crippen LogP contribution in [0.3, 0.4) is 0 Å². The van der Waals surface area contributed by atoms with Crippen LogP contribution in [0, 0.1) is 0 Å². The zero-order valence-corrected chi connectivity index (χ0v) is 23.2. The highest BCUT2D eigenvalue weighted by Gasteiger charge is 2.35. The first-order chi connectivity index (χ1) is 21.3. The molecule has 0 atom stereocenters. The smallest absolute Gasteiger partial charge is 0.156 e.